The van der Waals surface area contributed by atoms with Crippen molar-refractivity contribution in [1.82, 2.24) is 39.5 Å². The zero-order chi connectivity index (χ0) is 31.1. The van der Waals surface area contributed by atoms with Gasteiger partial charge in [-0.25, -0.2) is 4.79 Å². The predicted molar refractivity (Wildman–Crippen MR) is 155 cm³/mol. The SMILES string of the molecule is Cn1nc(-c2cn[nH]c2)c2cc([N+](=O)[O-])ccc21.Cn1nc(-c2cnn(C(=O)OC(C)(C)C)c2)c2cc([N+](=O)[O-])ccc21. The topological polar surface area (TPSA) is 195 Å². The van der Waals surface area contributed by atoms with Gasteiger partial charge in [-0.05, 0) is 32.9 Å². The number of non-ortho nitro benzene ring substituents is 2. The van der Waals surface area contributed by atoms with Gasteiger partial charge in [0.25, 0.3) is 11.4 Å². The Labute approximate surface area is 242 Å². The number of H-pyrrole nitrogens is 1. The van der Waals surface area contributed by atoms with Gasteiger partial charge in [-0.2, -0.15) is 25.1 Å². The summed E-state index contributed by atoms with van der Waals surface area (Å²) in [5, 5.41) is 42.5. The van der Waals surface area contributed by atoms with E-state index in [2.05, 4.69) is 25.5 Å². The molecule has 0 bridgehead atoms. The summed E-state index contributed by atoms with van der Waals surface area (Å²) in [4.78, 5) is 33.0. The molecular weight excluding hydrogens is 560 g/mol. The molecular formula is C27H26N10O6. The van der Waals surface area contributed by atoms with Gasteiger partial charge < -0.3 is 4.74 Å². The fourth-order valence-corrected chi connectivity index (χ4v) is 4.39. The zero-order valence-corrected chi connectivity index (χ0v) is 23.7. The Morgan fingerprint density at radius 1 is 0.860 bits per heavy atom. The summed E-state index contributed by atoms with van der Waals surface area (Å²) in [6.07, 6.45) is 5.71. The number of rotatable bonds is 4. The van der Waals surface area contributed by atoms with Gasteiger partial charge >= 0.3 is 6.09 Å². The Kier molecular flexibility index (Phi) is 7.19. The van der Waals surface area contributed by atoms with Crippen molar-refractivity contribution < 1.29 is 19.4 Å². The van der Waals surface area contributed by atoms with Gasteiger partial charge in [0.1, 0.15) is 17.0 Å². The first-order valence-corrected chi connectivity index (χ1v) is 12.8. The molecule has 6 aromatic rings. The average Bonchev–Trinajstić information content (AvgIpc) is 3.74. The van der Waals surface area contributed by atoms with Crippen molar-refractivity contribution in [1.29, 1.82) is 0 Å². The summed E-state index contributed by atoms with van der Waals surface area (Å²) in [5.41, 5.74) is 3.55. The number of hydrogen-bond acceptors (Lipinski definition) is 10. The third-order valence-corrected chi connectivity index (χ3v) is 6.30. The summed E-state index contributed by atoms with van der Waals surface area (Å²) in [6, 6.07) is 9.24. The minimum atomic E-state index is -0.637. The van der Waals surface area contributed by atoms with Crippen LogP contribution in [0.2, 0.25) is 0 Å². The molecule has 0 saturated heterocycles. The Morgan fingerprint density at radius 2 is 1.40 bits per heavy atom. The Balaban J connectivity index is 0.000000180. The first-order chi connectivity index (χ1) is 20.3. The van der Waals surface area contributed by atoms with Crippen LogP contribution in [0.5, 0.6) is 0 Å². The number of carbonyl (C=O) groups is 1. The molecule has 0 fully saturated rings. The van der Waals surface area contributed by atoms with Crippen LogP contribution in [0.3, 0.4) is 0 Å². The third kappa shape index (κ3) is 5.79. The number of hydrogen-bond donors (Lipinski definition) is 1. The number of nitro groups is 2. The van der Waals surface area contributed by atoms with E-state index in [-0.39, 0.29) is 11.4 Å². The largest absolute Gasteiger partial charge is 0.442 e. The summed E-state index contributed by atoms with van der Waals surface area (Å²) in [6.45, 7) is 5.29. The minimum Gasteiger partial charge on any atom is -0.442 e. The lowest BCUT2D eigenvalue weighted by Gasteiger charge is -2.18. The van der Waals surface area contributed by atoms with Crippen molar-refractivity contribution in [3.05, 3.63) is 81.4 Å². The highest BCUT2D eigenvalue weighted by atomic mass is 16.6. The number of ether oxygens (including phenoxy) is 1. The maximum Gasteiger partial charge on any atom is 0.435 e. The quantitative estimate of drug-likeness (QED) is 0.217. The van der Waals surface area contributed by atoms with Gasteiger partial charge in [-0.3, -0.25) is 34.7 Å². The highest BCUT2D eigenvalue weighted by molar-refractivity contribution is 5.95. The molecule has 2 aromatic carbocycles. The number of aryl methyl sites for hydroxylation is 2. The van der Waals surface area contributed by atoms with Gasteiger partial charge in [0.2, 0.25) is 0 Å². The Bertz CT molecular complexity index is 2000. The van der Waals surface area contributed by atoms with Crippen molar-refractivity contribution in [3.63, 3.8) is 0 Å². The summed E-state index contributed by atoms with van der Waals surface area (Å²) < 4.78 is 9.66. The van der Waals surface area contributed by atoms with Crippen LogP contribution in [0.1, 0.15) is 20.8 Å². The lowest BCUT2D eigenvalue weighted by atomic mass is 10.1. The van der Waals surface area contributed by atoms with Crippen molar-refractivity contribution in [2.24, 2.45) is 14.1 Å². The van der Waals surface area contributed by atoms with Crippen molar-refractivity contribution in [2.75, 3.05) is 0 Å². The molecule has 43 heavy (non-hydrogen) atoms. The van der Waals surface area contributed by atoms with Crippen LogP contribution < -0.4 is 0 Å². The number of carbonyl (C=O) groups excluding carboxylic acids is 1. The van der Waals surface area contributed by atoms with Crippen molar-refractivity contribution in [3.8, 4) is 22.5 Å². The minimum absolute atomic E-state index is 0.0266. The van der Waals surface area contributed by atoms with E-state index in [0.717, 1.165) is 26.7 Å². The molecule has 0 unspecified atom stereocenters. The van der Waals surface area contributed by atoms with E-state index < -0.39 is 21.5 Å². The van der Waals surface area contributed by atoms with Gasteiger partial charge in [0, 0.05) is 72.7 Å². The number of fused-ring (bicyclic) bond motifs is 2. The molecule has 0 atom stereocenters. The van der Waals surface area contributed by atoms with E-state index in [1.807, 2.05) is 0 Å². The molecule has 1 N–H and O–H groups in total. The molecule has 4 heterocycles. The summed E-state index contributed by atoms with van der Waals surface area (Å²) >= 11 is 0. The van der Waals surface area contributed by atoms with Crippen LogP contribution in [0.15, 0.2) is 61.2 Å². The van der Waals surface area contributed by atoms with E-state index in [9.17, 15) is 25.0 Å². The van der Waals surface area contributed by atoms with Crippen molar-refractivity contribution in [2.45, 2.75) is 26.4 Å². The number of benzene rings is 2. The van der Waals surface area contributed by atoms with Gasteiger partial charge in [-0.15, -0.1) is 0 Å². The number of nitrogens with one attached hydrogen (secondary N) is 1. The second-order valence-electron chi connectivity index (χ2n) is 10.5. The number of aromatic amines is 1. The number of nitrogens with zero attached hydrogens (tertiary/aromatic N) is 9. The van der Waals surface area contributed by atoms with Gasteiger partial charge in [-0.1, -0.05) is 0 Å². The lowest BCUT2D eigenvalue weighted by Crippen LogP contribution is -2.27. The third-order valence-electron chi connectivity index (χ3n) is 6.30. The molecule has 0 aliphatic rings. The molecule has 0 aliphatic carbocycles. The van der Waals surface area contributed by atoms with E-state index in [4.69, 9.17) is 4.74 Å². The van der Waals surface area contributed by atoms with Gasteiger partial charge in [0.05, 0.1) is 33.3 Å². The zero-order valence-electron chi connectivity index (χ0n) is 23.7. The van der Waals surface area contributed by atoms with Crippen LogP contribution in [0.25, 0.3) is 44.3 Å². The van der Waals surface area contributed by atoms with Crippen LogP contribution in [-0.4, -0.2) is 61.1 Å². The van der Waals surface area contributed by atoms with Gasteiger partial charge in [0.15, 0.2) is 0 Å². The molecule has 16 heteroatoms. The second-order valence-corrected chi connectivity index (χ2v) is 10.5. The highest BCUT2D eigenvalue weighted by Crippen LogP contribution is 2.31. The molecule has 6 rings (SSSR count). The van der Waals surface area contributed by atoms with E-state index in [0.29, 0.717) is 22.3 Å². The standard InChI is InChI=1S/C16H17N5O4.C11H9N5O2/c1-16(2,3)25-15(22)20-9-10(8-17-20)14-12-7-11(21(23)24)5-6-13(12)19(4)18-14;1-15-10-3-2-8(16(17)18)4-9(10)11(14-15)7-5-12-13-6-7/h5-9H,1-4H3;2-6H,1H3,(H,12,13). The maximum absolute atomic E-state index is 12.1. The summed E-state index contributed by atoms with van der Waals surface area (Å²) in [5.74, 6) is 0. The molecule has 0 radical (unpaired) electrons. The Hall–Kier alpha value is -5.93. The molecule has 0 spiro atoms. The molecule has 16 nitrogen and oxygen atoms in total. The normalized spacial score (nSPS) is 11.4. The predicted octanol–water partition coefficient (Wildman–Crippen LogP) is 5.00. The van der Waals surface area contributed by atoms with E-state index in [1.54, 1.807) is 68.8 Å². The first kappa shape index (κ1) is 28.6. The monoisotopic (exact) mass is 586 g/mol. The molecule has 0 amide bonds. The lowest BCUT2D eigenvalue weighted by molar-refractivity contribution is -0.384. The van der Waals surface area contributed by atoms with Crippen molar-refractivity contribution >= 4 is 39.3 Å². The summed E-state index contributed by atoms with van der Waals surface area (Å²) in [7, 11) is 3.55. The van der Waals surface area contributed by atoms with Crippen LogP contribution >= 0.6 is 0 Å². The first-order valence-electron chi connectivity index (χ1n) is 12.8. The highest BCUT2D eigenvalue weighted by Gasteiger charge is 2.21. The van der Waals surface area contributed by atoms with E-state index in [1.165, 1.54) is 36.7 Å². The molecule has 220 valence electrons. The number of aromatic nitrogens is 8. The van der Waals surface area contributed by atoms with Crippen LogP contribution in [-0.2, 0) is 18.8 Å². The maximum atomic E-state index is 12.1. The Morgan fingerprint density at radius 3 is 1.86 bits per heavy atom. The van der Waals surface area contributed by atoms with Crippen LogP contribution in [0, 0.1) is 20.2 Å². The molecule has 0 aliphatic heterocycles. The number of nitro benzene ring substituents is 2. The molecule has 4 aromatic heterocycles. The second kappa shape index (κ2) is 10.8. The fourth-order valence-electron chi connectivity index (χ4n) is 4.39. The fraction of sp³-hybridized carbons (Fsp3) is 0.222. The smallest absolute Gasteiger partial charge is 0.435 e. The molecule has 0 saturated carbocycles. The van der Waals surface area contributed by atoms with Crippen LogP contribution in [0.4, 0.5) is 16.2 Å². The average molecular weight is 587 g/mol. The van der Waals surface area contributed by atoms with E-state index >= 15 is 0 Å².